The molecule has 0 unspecified atom stereocenters. The summed E-state index contributed by atoms with van der Waals surface area (Å²) in [7, 11) is 1.68. The molecule has 2 rings (SSSR count). The summed E-state index contributed by atoms with van der Waals surface area (Å²) in [4.78, 5) is 18.4. The molecule has 1 saturated carbocycles. The van der Waals surface area contributed by atoms with E-state index in [2.05, 4.69) is 27.5 Å². The Labute approximate surface area is 105 Å². The molecule has 1 aliphatic carbocycles. The van der Waals surface area contributed by atoms with E-state index in [0.29, 0.717) is 12.5 Å². The summed E-state index contributed by atoms with van der Waals surface area (Å²) in [5, 5.41) is 16.7. The Bertz CT molecular complexity index is 459. The second-order valence-electron chi connectivity index (χ2n) is 4.95. The first-order valence-electron chi connectivity index (χ1n) is 5.97. The van der Waals surface area contributed by atoms with Crippen LogP contribution >= 0.6 is 0 Å². The first-order chi connectivity index (χ1) is 8.54. The van der Waals surface area contributed by atoms with Crippen LogP contribution < -0.4 is 10.6 Å². The van der Waals surface area contributed by atoms with Gasteiger partial charge in [0.25, 0.3) is 0 Å². The van der Waals surface area contributed by atoms with Gasteiger partial charge < -0.3 is 10.6 Å². The lowest BCUT2D eigenvalue weighted by molar-refractivity contribution is -0.384. The van der Waals surface area contributed by atoms with Gasteiger partial charge in [-0.05, 0) is 18.3 Å². The van der Waals surface area contributed by atoms with Gasteiger partial charge in [0.2, 0.25) is 11.8 Å². The molecule has 1 heterocycles. The Hall–Kier alpha value is -1.92. The highest BCUT2D eigenvalue weighted by Crippen LogP contribution is 2.40. The van der Waals surface area contributed by atoms with E-state index in [0.717, 1.165) is 12.8 Å². The molecule has 1 aromatic heterocycles. The summed E-state index contributed by atoms with van der Waals surface area (Å²) < 4.78 is 0. The minimum absolute atomic E-state index is 0.0862. The van der Waals surface area contributed by atoms with Gasteiger partial charge in [-0.1, -0.05) is 13.3 Å². The molecule has 7 heteroatoms. The van der Waals surface area contributed by atoms with Crippen LogP contribution in [0, 0.1) is 15.5 Å². The monoisotopic (exact) mass is 251 g/mol. The van der Waals surface area contributed by atoms with E-state index in [1.54, 1.807) is 7.05 Å². The largest absolute Gasteiger partial charge is 0.364 e. The quantitative estimate of drug-likeness (QED) is 0.614. The van der Waals surface area contributed by atoms with Gasteiger partial charge in [-0.2, -0.15) is 4.98 Å². The Morgan fingerprint density at radius 3 is 2.78 bits per heavy atom. The topological polar surface area (TPSA) is 93.0 Å². The number of hydrogen-bond acceptors (Lipinski definition) is 6. The standard InChI is InChI=1S/C11H17N5O2/c1-11(4-3-5-11)7-14-9-8(16(17)18)6-13-10(12-2)15-9/h6H,3-5,7H2,1-2H3,(H2,12,13,14,15). The SMILES string of the molecule is CNc1ncc([N+](=O)[O-])c(NCC2(C)CCC2)n1. The molecule has 0 saturated heterocycles. The number of aromatic nitrogens is 2. The van der Waals surface area contributed by atoms with Crippen molar-refractivity contribution in [1.82, 2.24) is 9.97 Å². The molecule has 0 atom stereocenters. The maximum atomic E-state index is 10.9. The van der Waals surface area contributed by atoms with Crippen LogP contribution in [0.15, 0.2) is 6.20 Å². The number of nitrogens with zero attached hydrogens (tertiary/aromatic N) is 3. The van der Waals surface area contributed by atoms with E-state index < -0.39 is 4.92 Å². The average molecular weight is 251 g/mol. The highest BCUT2D eigenvalue weighted by Gasteiger charge is 2.32. The number of hydrogen-bond donors (Lipinski definition) is 2. The van der Waals surface area contributed by atoms with Crippen LogP contribution in [-0.4, -0.2) is 28.5 Å². The van der Waals surface area contributed by atoms with Gasteiger partial charge in [-0.3, -0.25) is 10.1 Å². The van der Waals surface area contributed by atoms with E-state index in [-0.39, 0.29) is 16.9 Å². The maximum Gasteiger partial charge on any atom is 0.329 e. The van der Waals surface area contributed by atoms with Crippen LogP contribution in [0.5, 0.6) is 0 Å². The van der Waals surface area contributed by atoms with Crippen molar-refractivity contribution in [3.63, 3.8) is 0 Å². The molecule has 0 bridgehead atoms. The smallest absolute Gasteiger partial charge is 0.329 e. The molecular weight excluding hydrogens is 234 g/mol. The van der Waals surface area contributed by atoms with E-state index >= 15 is 0 Å². The summed E-state index contributed by atoms with van der Waals surface area (Å²) in [6, 6.07) is 0. The van der Waals surface area contributed by atoms with Crippen molar-refractivity contribution >= 4 is 17.5 Å². The van der Waals surface area contributed by atoms with Crippen molar-refractivity contribution in [3.8, 4) is 0 Å². The molecule has 1 aromatic rings. The molecule has 0 amide bonds. The molecule has 1 aliphatic rings. The van der Waals surface area contributed by atoms with Crippen molar-refractivity contribution in [2.45, 2.75) is 26.2 Å². The fourth-order valence-electron chi connectivity index (χ4n) is 2.01. The molecule has 2 N–H and O–H groups in total. The lowest BCUT2D eigenvalue weighted by Gasteiger charge is -2.38. The van der Waals surface area contributed by atoms with Gasteiger partial charge in [-0.25, -0.2) is 4.98 Å². The van der Waals surface area contributed by atoms with Crippen LogP contribution in [0.2, 0.25) is 0 Å². The van der Waals surface area contributed by atoms with Crippen LogP contribution in [0.1, 0.15) is 26.2 Å². The highest BCUT2D eigenvalue weighted by molar-refractivity contribution is 5.57. The molecule has 98 valence electrons. The fraction of sp³-hybridized carbons (Fsp3) is 0.636. The Balaban J connectivity index is 2.15. The maximum absolute atomic E-state index is 10.9. The summed E-state index contributed by atoms with van der Waals surface area (Å²) in [5.74, 6) is 0.661. The molecule has 1 fully saturated rings. The predicted molar refractivity (Wildman–Crippen MR) is 68.7 cm³/mol. The molecule has 0 aliphatic heterocycles. The Morgan fingerprint density at radius 1 is 1.56 bits per heavy atom. The Kier molecular flexibility index (Phi) is 3.31. The van der Waals surface area contributed by atoms with Crippen molar-refractivity contribution in [2.75, 3.05) is 24.2 Å². The third kappa shape index (κ3) is 2.49. The predicted octanol–water partition coefficient (Wildman–Crippen LogP) is 2.03. The van der Waals surface area contributed by atoms with E-state index in [4.69, 9.17) is 0 Å². The van der Waals surface area contributed by atoms with Crippen molar-refractivity contribution in [3.05, 3.63) is 16.3 Å². The summed E-state index contributed by atoms with van der Waals surface area (Å²) in [5.41, 5.74) is 0.149. The zero-order valence-corrected chi connectivity index (χ0v) is 10.6. The fourth-order valence-corrected chi connectivity index (χ4v) is 2.01. The highest BCUT2D eigenvalue weighted by atomic mass is 16.6. The van der Waals surface area contributed by atoms with Gasteiger partial charge in [0.1, 0.15) is 6.20 Å². The van der Waals surface area contributed by atoms with E-state index in [1.807, 2.05) is 0 Å². The van der Waals surface area contributed by atoms with E-state index in [1.165, 1.54) is 12.6 Å². The number of rotatable bonds is 5. The molecule has 0 aromatic carbocycles. The zero-order chi connectivity index (χ0) is 13.2. The van der Waals surface area contributed by atoms with Gasteiger partial charge in [0.15, 0.2) is 0 Å². The van der Waals surface area contributed by atoms with Crippen LogP contribution in [0.3, 0.4) is 0 Å². The van der Waals surface area contributed by atoms with Gasteiger partial charge in [-0.15, -0.1) is 0 Å². The minimum Gasteiger partial charge on any atom is -0.364 e. The molecular formula is C11H17N5O2. The summed E-state index contributed by atoms with van der Waals surface area (Å²) in [6.45, 7) is 2.88. The average Bonchev–Trinajstić information content (AvgIpc) is 2.33. The van der Waals surface area contributed by atoms with Crippen molar-refractivity contribution in [1.29, 1.82) is 0 Å². The summed E-state index contributed by atoms with van der Waals surface area (Å²) >= 11 is 0. The molecule has 0 radical (unpaired) electrons. The number of nitro groups is 1. The second kappa shape index (κ2) is 4.75. The van der Waals surface area contributed by atoms with Gasteiger partial charge >= 0.3 is 5.69 Å². The lowest BCUT2D eigenvalue weighted by atomic mass is 9.70. The zero-order valence-electron chi connectivity index (χ0n) is 10.6. The van der Waals surface area contributed by atoms with E-state index in [9.17, 15) is 10.1 Å². The molecule has 7 nitrogen and oxygen atoms in total. The summed E-state index contributed by atoms with van der Waals surface area (Å²) in [6.07, 6.45) is 4.76. The van der Waals surface area contributed by atoms with Crippen molar-refractivity contribution < 1.29 is 4.92 Å². The van der Waals surface area contributed by atoms with Gasteiger partial charge in [0.05, 0.1) is 4.92 Å². The van der Waals surface area contributed by atoms with Crippen LogP contribution in [0.4, 0.5) is 17.5 Å². The third-order valence-electron chi connectivity index (χ3n) is 3.43. The normalized spacial score (nSPS) is 16.8. The van der Waals surface area contributed by atoms with Gasteiger partial charge in [0, 0.05) is 13.6 Å². The first-order valence-corrected chi connectivity index (χ1v) is 5.97. The lowest BCUT2D eigenvalue weighted by Crippen LogP contribution is -2.33. The molecule has 18 heavy (non-hydrogen) atoms. The first kappa shape index (κ1) is 12.5. The Morgan fingerprint density at radius 2 is 2.28 bits per heavy atom. The third-order valence-corrected chi connectivity index (χ3v) is 3.43. The van der Waals surface area contributed by atoms with Crippen LogP contribution in [-0.2, 0) is 0 Å². The second-order valence-corrected chi connectivity index (χ2v) is 4.95. The van der Waals surface area contributed by atoms with Crippen molar-refractivity contribution in [2.24, 2.45) is 5.41 Å². The number of anilines is 2. The minimum atomic E-state index is -0.467. The molecule has 0 spiro atoms. The number of nitrogens with one attached hydrogen (secondary N) is 2. The van der Waals surface area contributed by atoms with Crippen LogP contribution in [0.25, 0.3) is 0 Å².